The van der Waals surface area contributed by atoms with Gasteiger partial charge in [-0.05, 0) is 0 Å². The quantitative estimate of drug-likeness (QED) is 0.801. The molecule has 0 radical (unpaired) electrons. The van der Waals surface area contributed by atoms with Crippen molar-refractivity contribution in [2.24, 2.45) is 0 Å². The molecule has 1 aromatic heterocycles. The summed E-state index contributed by atoms with van der Waals surface area (Å²) in [5, 5.41) is 8.70. The van der Waals surface area contributed by atoms with Crippen LogP contribution in [-0.4, -0.2) is 23.2 Å². The number of carbonyl (C=O) groups excluding carboxylic acids is 1. The maximum atomic E-state index is 12.3. The van der Waals surface area contributed by atoms with Crippen LogP contribution in [0.3, 0.4) is 0 Å². The number of halogens is 3. The first kappa shape index (κ1) is 11.6. The monoisotopic (exact) mass is 237 g/mol. The van der Waals surface area contributed by atoms with E-state index in [0.717, 1.165) is 13.3 Å². The van der Waals surface area contributed by atoms with Gasteiger partial charge in [0.2, 0.25) is 0 Å². The molecule has 1 rings (SSSR count). The number of hydrogen-bond acceptors (Lipinski definition) is 4. The third-order valence-corrected chi connectivity index (χ3v) is 2.03. The highest BCUT2D eigenvalue weighted by atomic mass is 35.5. The Labute approximate surface area is 88.4 Å². The fourth-order valence-corrected chi connectivity index (χ4v) is 1.11. The van der Waals surface area contributed by atoms with Crippen LogP contribution >= 0.6 is 11.6 Å². The standard InChI is InChI=1S/C8H6ClF2NO3/c1-15-8(14)5-6(13)4(9)3(2-12-5)7(10)11/h2,7,13H,1H3. The van der Waals surface area contributed by atoms with Crippen LogP contribution in [0.2, 0.25) is 5.02 Å². The molecule has 1 N–H and O–H groups in total. The number of carbonyl (C=O) groups is 1. The number of esters is 1. The molecule has 82 valence electrons. The fourth-order valence-electron chi connectivity index (χ4n) is 0.891. The number of aromatic hydroxyl groups is 1. The highest BCUT2D eigenvalue weighted by Crippen LogP contribution is 2.34. The molecule has 0 aliphatic heterocycles. The van der Waals surface area contributed by atoms with Crippen LogP contribution in [0.25, 0.3) is 0 Å². The van der Waals surface area contributed by atoms with Crippen LogP contribution in [0.1, 0.15) is 22.5 Å². The van der Waals surface area contributed by atoms with Gasteiger partial charge in [0, 0.05) is 6.20 Å². The van der Waals surface area contributed by atoms with Crippen molar-refractivity contribution < 1.29 is 23.4 Å². The molecule has 1 heterocycles. The average Bonchev–Trinajstić information content (AvgIpc) is 2.20. The molecule has 0 aromatic carbocycles. The van der Waals surface area contributed by atoms with Gasteiger partial charge in [0.05, 0.1) is 17.7 Å². The zero-order chi connectivity index (χ0) is 11.6. The minimum Gasteiger partial charge on any atom is -0.504 e. The summed E-state index contributed by atoms with van der Waals surface area (Å²) in [7, 11) is 1.07. The summed E-state index contributed by atoms with van der Waals surface area (Å²) >= 11 is 5.42. The van der Waals surface area contributed by atoms with Crippen molar-refractivity contribution in [2.45, 2.75) is 6.43 Å². The minimum atomic E-state index is -2.87. The molecule has 0 aliphatic carbocycles. The van der Waals surface area contributed by atoms with Crippen LogP contribution in [-0.2, 0) is 4.74 Å². The number of pyridine rings is 1. The Kier molecular flexibility index (Phi) is 3.41. The molecule has 0 saturated heterocycles. The second-order valence-electron chi connectivity index (χ2n) is 2.52. The van der Waals surface area contributed by atoms with E-state index >= 15 is 0 Å². The summed E-state index contributed by atoms with van der Waals surface area (Å²) in [5.74, 6) is -1.75. The SMILES string of the molecule is COC(=O)c1ncc(C(F)F)c(Cl)c1O. The van der Waals surface area contributed by atoms with Crippen LogP contribution in [0.15, 0.2) is 6.20 Å². The molecule has 7 heteroatoms. The smallest absolute Gasteiger partial charge is 0.360 e. The zero-order valence-electron chi connectivity index (χ0n) is 7.50. The number of methoxy groups -OCH3 is 1. The summed E-state index contributed by atoms with van der Waals surface area (Å²) in [6, 6.07) is 0. The van der Waals surface area contributed by atoms with Crippen molar-refractivity contribution in [2.75, 3.05) is 7.11 Å². The number of nitrogens with zero attached hydrogens (tertiary/aromatic N) is 1. The van der Waals surface area contributed by atoms with Gasteiger partial charge in [0.15, 0.2) is 11.4 Å². The first-order chi connectivity index (χ1) is 6.99. The zero-order valence-corrected chi connectivity index (χ0v) is 8.26. The molecular formula is C8H6ClF2NO3. The Hall–Kier alpha value is -1.43. The number of aromatic nitrogens is 1. The molecule has 0 spiro atoms. The third kappa shape index (κ3) is 2.15. The van der Waals surface area contributed by atoms with Gasteiger partial charge in [0.25, 0.3) is 6.43 Å². The Balaban J connectivity index is 3.27. The van der Waals surface area contributed by atoms with E-state index in [4.69, 9.17) is 11.6 Å². The maximum Gasteiger partial charge on any atom is 0.360 e. The van der Waals surface area contributed by atoms with E-state index in [1.165, 1.54) is 0 Å². The molecule has 0 unspecified atom stereocenters. The molecule has 4 nitrogen and oxygen atoms in total. The van der Waals surface area contributed by atoms with Gasteiger partial charge in [-0.3, -0.25) is 0 Å². The summed E-state index contributed by atoms with van der Waals surface area (Å²) < 4.78 is 28.8. The van der Waals surface area contributed by atoms with E-state index in [9.17, 15) is 18.7 Å². The summed E-state index contributed by atoms with van der Waals surface area (Å²) in [4.78, 5) is 14.3. The Morgan fingerprint density at radius 3 is 2.73 bits per heavy atom. The normalized spacial score (nSPS) is 10.5. The van der Waals surface area contributed by atoms with Gasteiger partial charge < -0.3 is 9.84 Å². The van der Waals surface area contributed by atoms with E-state index in [1.807, 2.05) is 0 Å². The van der Waals surface area contributed by atoms with Crippen molar-refractivity contribution in [3.8, 4) is 5.75 Å². The highest BCUT2D eigenvalue weighted by Gasteiger charge is 2.22. The second kappa shape index (κ2) is 4.39. The van der Waals surface area contributed by atoms with Crippen LogP contribution in [0, 0.1) is 0 Å². The average molecular weight is 238 g/mol. The number of rotatable bonds is 2. The fraction of sp³-hybridized carbons (Fsp3) is 0.250. The predicted molar refractivity (Wildman–Crippen MR) is 47.2 cm³/mol. The van der Waals surface area contributed by atoms with Crippen LogP contribution < -0.4 is 0 Å². The van der Waals surface area contributed by atoms with Crippen molar-refractivity contribution in [3.05, 3.63) is 22.5 Å². The lowest BCUT2D eigenvalue weighted by Crippen LogP contribution is -2.06. The van der Waals surface area contributed by atoms with Gasteiger partial charge in [-0.15, -0.1) is 0 Å². The molecule has 15 heavy (non-hydrogen) atoms. The first-order valence-electron chi connectivity index (χ1n) is 3.72. The van der Waals surface area contributed by atoms with Gasteiger partial charge >= 0.3 is 5.97 Å². The second-order valence-corrected chi connectivity index (χ2v) is 2.89. The van der Waals surface area contributed by atoms with Gasteiger partial charge in [0.1, 0.15) is 0 Å². The maximum absolute atomic E-state index is 12.3. The van der Waals surface area contributed by atoms with Crippen molar-refractivity contribution in [1.29, 1.82) is 0 Å². The van der Waals surface area contributed by atoms with Crippen molar-refractivity contribution in [1.82, 2.24) is 4.98 Å². The number of ether oxygens (including phenoxy) is 1. The van der Waals surface area contributed by atoms with Gasteiger partial charge in [-0.2, -0.15) is 0 Å². The minimum absolute atomic E-state index is 0.494. The number of hydrogen-bond donors (Lipinski definition) is 1. The molecule has 0 atom stereocenters. The molecular weight excluding hydrogens is 232 g/mol. The molecule has 1 aromatic rings. The molecule has 0 fully saturated rings. The molecule has 0 aliphatic rings. The van der Waals surface area contributed by atoms with E-state index in [0.29, 0.717) is 0 Å². The molecule has 0 amide bonds. The van der Waals surface area contributed by atoms with Crippen LogP contribution in [0.4, 0.5) is 8.78 Å². The Bertz CT molecular complexity index is 398. The lowest BCUT2D eigenvalue weighted by Gasteiger charge is -2.07. The summed E-state index contributed by atoms with van der Waals surface area (Å²) in [6.07, 6.45) is -2.15. The third-order valence-electron chi connectivity index (χ3n) is 1.63. The number of alkyl halides is 2. The predicted octanol–water partition coefficient (Wildman–Crippen LogP) is 2.16. The van der Waals surface area contributed by atoms with E-state index in [2.05, 4.69) is 9.72 Å². The summed E-state index contributed by atoms with van der Waals surface area (Å²) in [5.41, 5.74) is -1.13. The topological polar surface area (TPSA) is 59.4 Å². The largest absolute Gasteiger partial charge is 0.504 e. The van der Waals surface area contributed by atoms with Crippen LogP contribution in [0.5, 0.6) is 5.75 Å². The van der Waals surface area contributed by atoms with Crippen molar-refractivity contribution >= 4 is 17.6 Å². The van der Waals surface area contributed by atoms with Gasteiger partial charge in [-0.25, -0.2) is 18.6 Å². The van der Waals surface area contributed by atoms with E-state index in [-0.39, 0.29) is 0 Å². The Morgan fingerprint density at radius 1 is 1.67 bits per heavy atom. The molecule has 0 saturated carbocycles. The van der Waals surface area contributed by atoms with Crippen molar-refractivity contribution in [3.63, 3.8) is 0 Å². The van der Waals surface area contributed by atoms with Gasteiger partial charge in [-0.1, -0.05) is 11.6 Å². The summed E-state index contributed by atoms with van der Waals surface area (Å²) in [6.45, 7) is 0. The lowest BCUT2D eigenvalue weighted by molar-refractivity contribution is 0.0589. The molecule has 0 bridgehead atoms. The van der Waals surface area contributed by atoms with E-state index in [1.54, 1.807) is 0 Å². The lowest BCUT2D eigenvalue weighted by atomic mass is 10.2. The highest BCUT2D eigenvalue weighted by molar-refractivity contribution is 6.33. The first-order valence-corrected chi connectivity index (χ1v) is 4.10. The Morgan fingerprint density at radius 2 is 2.27 bits per heavy atom. The van der Waals surface area contributed by atoms with E-state index < -0.39 is 34.4 Å².